The van der Waals surface area contributed by atoms with Gasteiger partial charge in [-0.25, -0.2) is 12.8 Å². The normalized spacial score (nSPS) is 12.9. The lowest BCUT2D eigenvalue weighted by Gasteiger charge is -2.14. The van der Waals surface area contributed by atoms with Crippen molar-refractivity contribution in [2.75, 3.05) is 0 Å². The number of sulfonamides is 1. The van der Waals surface area contributed by atoms with Crippen LogP contribution in [0.5, 0.6) is 0 Å². The maximum atomic E-state index is 12.9. The van der Waals surface area contributed by atoms with Gasteiger partial charge in [-0.05, 0) is 30.7 Å². The highest BCUT2D eigenvalue weighted by molar-refractivity contribution is 7.89. The number of carboxylic acid groups (broad SMARTS) is 2. The Morgan fingerprint density at radius 3 is 2.40 bits per heavy atom. The minimum atomic E-state index is -4.26. The number of halogens is 1. The lowest BCUT2D eigenvalue weighted by atomic mass is 10.2. The Balaban J connectivity index is 3.09. The van der Waals surface area contributed by atoms with Crippen LogP contribution in [0.1, 0.15) is 12.0 Å². The average Bonchev–Trinajstić information content (AvgIpc) is 2.26. The maximum Gasteiger partial charge on any atom is 0.322 e. The molecule has 0 unspecified atom stereocenters. The van der Waals surface area contributed by atoms with Gasteiger partial charge in [0.15, 0.2) is 0 Å². The molecule has 3 N–H and O–H groups in total. The molecule has 0 bridgehead atoms. The SMILES string of the molecule is Cc1cc(F)ccc1S(=O)(=O)N[C@@H](CC(=O)O)C(=O)O. The van der Waals surface area contributed by atoms with E-state index in [1.807, 2.05) is 0 Å². The number of rotatable bonds is 6. The third-order valence-electron chi connectivity index (χ3n) is 2.40. The van der Waals surface area contributed by atoms with E-state index in [9.17, 15) is 22.4 Å². The molecule has 0 aliphatic heterocycles. The van der Waals surface area contributed by atoms with Gasteiger partial charge < -0.3 is 10.2 Å². The van der Waals surface area contributed by atoms with Crippen LogP contribution in [0.15, 0.2) is 23.1 Å². The standard InChI is InChI=1S/C11H12FNO6S/c1-6-4-7(12)2-3-9(6)20(18,19)13-8(11(16)17)5-10(14)15/h2-4,8,13H,5H2,1H3,(H,14,15)(H,16,17)/t8-/m0/s1. The van der Waals surface area contributed by atoms with E-state index < -0.39 is 40.2 Å². The molecule has 1 aromatic carbocycles. The average molecular weight is 305 g/mol. The number of hydrogen-bond acceptors (Lipinski definition) is 4. The summed E-state index contributed by atoms with van der Waals surface area (Å²) in [6.07, 6.45) is -0.908. The molecule has 0 spiro atoms. The van der Waals surface area contributed by atoms with Crippen molar-refractivity contribution in [3.05, 3.63) is 29.6 Å². The Labute approximate surface area is 114 Å². The summed E-state index contributed by atoms with van der Waals surface area (Å²) in [6, 6.07) is 1.06. The number of aliphatic carboxylic acids is 2. The van der Waals surface area contributed by atoms with Crippen molar-refractivity contribution in [2.45, 2.75) is 24.3 Å². The zero-order valence-electron chi connectivity index (χ0n) is 10.3. The lowest BCUT2D eigenvalue weighted by molar-refractivity contribution is -0.145. The van der Waals surface area contributed by atoms with Crippen LogP contribution in [0.2, 0.25) is 0 Å². The van der Waals surface area contributed by atoms with Crippen molar-refractivity contribution >= 4 is 22.0 Å². The van der Waals surface area contributed by atoms with Gasteiger partial charge in [0.1, 0.15) is 11.9 Å². The second kappa shape index (κ2) is 5.97. The molecule has 1 aromatic rings. The fourth-order valence-electron chi connectivity index (χ4n) is 1.52. The van der Waals surface area contributed by atoms with Crippen molar-refractivity contribution in [1.29, 1.82) is 0 Å². The van der Waals surface area contributed by atoms with Crippen LogP contribution in [0.4, 0.5) is 4.39 Å². The minimum absolute atomic E-state index is 0.0805. The van der Waals surface area contributed by atoms with E-state index in [0.717, 1.165) is 18.2 Å². The molecule has 0 saturated carbocycles. The van der Waals surface area contributed by atoms with E-state index in [1.54, 1.807) is 4.72 Å². The molecular formula is C11H12FNO6S. The van der Waals surface area contributed by atoms with Crippen LogP contribution in [0.25, 0.3) is 0 Å². The highest BCUT2D eigenvalue weighted by Crippen LogP contribution is 2.16. The van der Waals surface area contributed by atoms with E-state index in [-0.39, 0.29) is 10.5 Å². The zero-order valence-corrected chi connectivity index (χ0v) is 11.1. The van der Waals surface area contributed by atoms with Crippen LogP contribution < -0.4 is 4.72 Å². The van der Waals surface area contributed by atoms with Gasteiger partial charge in [-0.3, -0.25) is 9.59 Å². The van der Waals surface area contributed by atoms with E-state index in [1.165, 1.54) is 6.92 Å². The van der Waals surface area contributed by atoms with Crippen LogP contribution in [-0.2, 0) is 19.6 Å². The maximum absolute atomic E-state index is 12.9. The summed E-state index contributed by atoms with van der Waals surface area (Å²) in [5, 5.41) is 17.3. The van der Waals surface area contributed by atoms with Crippen LogP contribution in [0.3, 0.4) is 0 Å². The third kappa shape index (κ3) is 4.00. The lowest BCUT2D eigenvalue weighted by Crippen LogP contribution is -2.42. The van der Waals surface area contributed by atoms with Crippen molar-refractivity contribution in [1.82, 2.24) is 4.72 Å². The number of carboxylic acids is 2. The number of benzene rings is 1. The first kappa shape index (κ1) is 16.1. The first-order valence-electron chi connectivity index (χ1n) is 5.36. The molecular weight excluding hydrogens is 293 g/mol. The topological polar surface area (TPSA) is 121 Å². The summed E-state index contributed by atoms with van der Waals surface area (Å²) in [4.78, 5) is 21.0. The molecule has 7 nitrogen and oxygen atoms in total. The predicted molar refractivity (Wildman–Crippen MR) is 65.1 cm³/mol. The Hall–Kier alpha value is -2.00. The van der Waals surface area contributed by atoms with Crippen LogP contribution in [-0.4, -0.2) is 36.6 Å². The molecule has 0 fully saturated rings. The third-order valence-corrected chi connectivity index (χ3v) is 4.03. The summed E-state index contributed by atoms with van der Waals surface area (Å²) < 4.78 is 38.6. The van der Waals surface area contributed by atoms with Gasteiger partial charge in [-0.2, -0.15) is 4.72 Å². The van der Waals surface area contributed by atoms with Crippen molar-refractivity contribution < 1.29 is 32.6 Å². The number of nitrogens with one attached hydrogen (secondary N) is 1. The first-order chi connectivity index (χ1) is 9.13. The molecule has 0 saturated heterocycles. The summed E-state index contributed by atoms with van der Waals surface area (Å²) in [6.45, 7) is 1.34. The fraction of sp³-hybridized carbons (Fsp3) is 0.273. The van der Waals surface area contributed by atoms with E-state index in [0.29, 0.717) is 0 Å². The molecule has 1 atom stereocenters. The Bertz CT molecular complexity index is 642. The van der Waals surface area contributed by atoms with E-state index >= 15 is 0 Å². The van der Waals surface area contributed by atoms with Crippen LogP contribution in [0, 0.1) is 12.7 Å². The number of aryl methyl sites for hydroxylation is 1. The second-order valence-corrected chi connectivity index (χ2v) is 5.70. The van der Waals surface area contributed by atoms with Crippen molar-refractivity contribution in [2.24, 2.45) is 0 Å². The Morgan fingerprint density at radius 1 is 1.35 bits per heavy atom. The Morgan fingerprint density at radius 2 is 1.95 bits per heavy atom. The smallest absolute Gasteiger partial charge is 0.322 e. The van der Waals surface area contributed by atoms with E-state index in [4.69, 9.17) is 10.2 Å². The van der Waals surface area contributed by atoms with E-state index in [2.05, 4.69) is 0 Å². The summed E-state index contributed by atoms with van der Waals surface area (Å²) >= 11 is 0. The molecule has 0 aromatic heterocycles. The zero-order chi connectivity index (χ0) is 15.5. The van der Waals surface area contributed by atoms with Gasteiger partial charge in [-0.1, -0.05) is 0 Å². The number of hydrogen-bond donors (Lipinski definition) is 3. The molecule has 0 radical (unpaired) electrons. The molecule has 110 valence electrons. The minimum Gasteiger partial charge on any atom is -0.481 e. The summed E-state index contributed by atoms with van der Waals surface area (Å²) in [5.41, 5.74) is 0.0805. The largest absolute Gasteiger partial charge is 0.481 e. The van der Waals surface area contributed by atoms with Crippen LogP contribution >= 0.6 is 0 Å². The highest BCUT2D eigenvalue weighted by atomic mass is 32.2. The molecule has 9 heteroatoms. The quantitative estimate of drug-likeness (QED) is 0.697. The molecule has 0 aliphatic rings. The summed E-state index contributed by atoms with van der Waals surface area (Å²) in [5.74, 6) is -3.71. The number of carbonyl (C=O) groups is 2. The van der Waals surface area contributed by atoms with Gasteiger partial charge >= 0.3 is 11.9 Å². The molecule has 1 rings (SSSR count). The van der Waals surface area contributed by atoms with Gasteiger partial charge in [-0.15, -0.1) is 0 Å². The van der Waals surface area contributed by atoms with Gasteiger partial charge in [0.2, 0.25) is 10.0 Å². The first-order valence-corrected chi connectivity index (χ1v) is 6.85. The van der Waals surface area contributed by atoms with Crippen molar-refractivity contribution in [3.8, 4) is 0 Å². The molecule has 20 heavy (non-hydrogen) atoms. The van der Waals surface area contributed by atoms with Crippen molar-refractivity contribution in [3.63, 3.8) is 0 Å². The molecule has 0 heterocycles. The second-order valence-electron chi connectivity index (χ2n) is 4.02. The molecule has 0 aliphatic carbocycles. The fourth-order valence-corrected chi connectivity index (χ4v) is 2.93. The highest BCUT2D eigenvalue weighted by Gasteiger charge is 2.28. The molecule has 0 amide bonds. The Kier molecular flexibility index (Phi) is 4.79. The van der Waals surface area contributed by atoms with Gasteiger partial charge in [0.25, 0.3) is 0 Å². The summed E-state index contributed by atoms with van der Waals surface area (Å²) in [7, 11) is -4.26. The van der Waals surface area contributed by atoms with Gasteiger partial charge in [0.05, 0.1) is 11.3 Å². The monoisotopic (exact) mass is 305 g/mol. The predicted octanol–water partition coefficient (Wildman–Crippen LogP) is 0.340. The van der Waals surface area contributed by atoms with Gasteiger partial charge in [0, 0.05) is 0 Å².